The molecule has 1 saturated heterocycles. The van der Waals surface area contributed by atoms with Crippen molar-refractivity contribution in [2.24, 2.45) is 0 Å². The Morgan fingerprint density at radius 2 is 2.00 bits per heavy atom. The molecule has 2 atom stereocenters. The fraction of sp³-hybridized carbons (Fsp3) is 0.389. The number of rotatable bonds is 2. The molecule has 1 aromatic heterocycles. The van der Waals surface area contributed by atoms with E-state index >= 15 is 0 Å². The summed E-state index contributed by atoms with van der Waals surface area (Å²) in [4.78, 5) is 30.8. The van der Waals surface area contributed by atoms with Crippen LogP contribution >= 0.6 is 0 Å². The first kappa shape index (κ1) is 14.9. The van der Waals surface area contributed by atoms with Crippen LogP contribution in [0.15, 0.2) is 41.0 Å². The third kappa shape index (κ3) is 2.68. The maximum atomic E-state index is 12.9. The van der Waals surface area contributed by atoms with Crippen LogP contribution in [0.25, 0.3) is 11.5 Å². The summed E-state index contributed by atoms with van der Waals surface area (Å²) in [5.74, 6) is 0.0894. The second-order valence-electron chi connectivity index (χ2n) is 6.36. The molecule has 1 aliphatic heterocycles. The summed E-state index contributed by atoms with van der Waals surface area (Å²) in [6.45, 7) is 0.0908. The van der Waals surface area contributed by atoms with Gasteiger partial charge in [-0.25, -0.2) is 4.98 Å². The first-order chi connectivity index (χ1) is 11.7. The van der Waals surface area contributed by atoms with E-state index in [-0.39, 0.29) is 36.1 Å². The van der Waals surface area contributed by atoms with Crippen molar-refractivity contribution in [1.82, 2.24) is 15.2 Å². The summed E-state index contributed by atoms with van der Waals surface area (Å²) in [5, 5.41) is 3.01. The zero-order chi connectivity index (χ0) is 16.5. The highest BCUT2D eigenvalue weighted by Gasteiger charge is 2.39. The van der Waals surface area contributed by atoms with Gasteiger partial charge in [0.1, 0.15) is 12.8 Å². The monoisotopic (exact) mass is 325 g/mol. The lowest BCUT2D eigenvalue weighted by Crippen LogP contribution is -2.62. The lowest BCUT2D eigenvalue weighted by molar-refractivity contribution is -0.127. The van der Waals surface area contributed by atoms with E-state index in [0.717, 1.165) is 31.2 Å². The molecule has 0 radical (unpaired) electrons. The van der Waals surface area contributed by atoms with Gasteiger partial charge < -0.3 is 14.6 Å². The van der Waals surface area contributed by atoms with E-state index in [1.807, 2.05) is 30.3 Å². The van der Waals surface area contributed by atoms with Gasteiger partial charge in [0.25, 0.3) is 5.91 Å². The molecule has 0 bridgehead atoms. The van der Waals surface area contributed by atoms with Crippen LogP contribution in [0.5, 0.6) is 0 Å². The maximum absolute atomic E-state index is 12.9. The quantitative estimate of drug-likeness (QED) is 0.918. The second-order valence-corrected chi connectivity index (χ2v) is 6.36. The number of oxazole rings is 1. The van der Waals surface area contributed by atoms with Gasteiger partial charge >= 0.3 is 0 Å². The van der Waals surface area contributed by atoms with Crippen molar-refractivity contribution in [2.45, 2.75) is 37.8 Å². The van der Waals surface area contributed by atoms with Gasteiger partial charge in [-0.15, -0.1) is 0 Å². The van der Waals surface area contributed by atoms with E-state index in [9.17, 15) is 9.59 Å². The largest absolute Gasteiger partial charge is 0.444 e. The lowest BCUT2D eigenvalue weighted by atomic mass is 9.87. The van der Waals surface area contributed by atoms with Crippen LogP contribution in [0, 0.1) is 0 Å². The van der Waals surface area contributed by atoms with E-state index in [1.165, 1.54) is 6.26 Å². The predicted octanol–water partition coefficient (Wildman–Crippen LogP) is 2.22. The van der Waals surface area contributed by atoms with Gasteiger partial charge in [-0.3, -0.25) is 9.59 Å². The van der Waals surface area contributed by atoms with Crippen molar-refractivity contribution in [3.8, 4) is 11.5 Å². The molecule has 1 aromatic carbocycles. The molecule has 0 unspecified atom stereocenters. The van der Waals surface area contributed by atoms with Crippen LogP contribution in [0.3, 0.4) is 0 Å². The Bertz CT molecular complexity index is 756. The van der Waals surface area contributed by atoms with E-state index in [1.54, 1.807) is 4.90 Å². The number of amides is 2. The molecular weight excluding hydrogens is 306 g/mol. The van der Waals surface area contributed by atoms with Crippen LogP contribution in [-0.2, 0) is 4.79 Å². The Hall–Kier alpha value is -2.63. The molecule has 2 aromatic rings. The molecule has 2 aliphatic rings. The lowest BCUT2D eigenvalue weighted by Gasteiger charge is -2.43. The zero-order valence-electron chi connectivity index (χ0n) is 13.3. The first-order valence-electron chi connectivity index (χ1n) is 8.33. The van der Waals surface area contributed by atoms with Gasteiger partial charge in [-0.05, 0) is 25.0 Å². The summed E-state index contributed by atoms with van der Waals surface area (Å²) in [6, 6.07) is 9.57. The third-order valence-electron chi connectivity index (χ3n) is 4.80. The fourth-order valence-corrected chi connectivity index (χ4v) is 3.63. The molecule has 0 spiro atoms. The number of hydrogen-bond acceptors (Lipinski definition) is 4. The first-order valence-corrected chi connectivity index (χ1v) is 8.33. The standard InChI is InChI=1S/C18H19N3O3/c22-16-10-21(15-9-5-4-8-13(15)19-16)18(23)14-11-24-17(20-14)12-6-2-1-3-7-12/h1-3,6-7,11,13,15H,4-5,8-10H2,(H,19,22)/t13-,15-/m1/s1. The molecule has 4 rings (SSSR count). The number of nitrogens with one attached hydrogen (secondary N) is 1. The Labute approximate surface area is 139 Å². The van der Waals surface area contributed by atoms with Crippen molar-refractivity contribution in [2.75, 3.05) is 6.54 Å². The number of benzene rings is 1. The number of hydrogen-bond donors (Lipinski definition) is 1. The Morgan fingerprint density at radius 1 is 1.21 bits per heavy atom. The van der Waals surface area contributed by atoms with Crippen molar-refractivity contribution >= 4 is 11.8 Å². The number of fused-ring (bicyclic) bond motifs is 1. The molecule has 6 nitrogen and oxygen atoms in total. The van der Waals surface area contributed by atoms with Crippen LogP contribution < -0.4 is 5.32 Å². The molecule has 2 heterocycles. The molecular formula is C18H19N3O3. The average Bonchev–Trinajstić information content (AvgIpc) is 3.11. The summed E-state index contributed by atoms with van der Waals surface area (Å²) in [6.07, 6.45) is 5.39. The normalized spacial score (nSPS) is 23.5. The Balaban J connectivity index is 1.58. The van der Waals surface area contributed by atoms with Crippen molar-refractivity contribution < 1.29 is 14.0 Å². The van der Waals surface area contributed by atoms with Crippen molar-refractivity contribution in [3.63, 3.8) is 0 Å². The molecule has 1 saturated carbocycles. The third-order valence-corrected chi connectivity index (χ3v) is 4.80. The number of carbonyl (C=O) groups is 2. The van der Waals surface area contributed by atoms with Gasteiger partial charge in [0.2, 0.25) is 11.8 Å². The van der Waals surface area contributed by atoms with Crippen LogP contribution in [0.1, 0.15) is 36.2 Å². The molecule has 2 fully saturated rings. The van der Waals surface area contributed by atoms with Crippen LogP contribution in [0.4, 0.5) is 0 Å². The fourth-order valence-electron chi connectivity index (χ4n) is 3.63. The van der Waals surface area contributed by atoms with E-state index < -0.39 is 0 Å². The topological polar surface area (TPSA) is 75.4 Å². The molecule has 6 heteroatoms. The summed E-state index contributed by atoms with van der Waals surface area (Å²) >= 11 is 0. The number of aromatic nitrogens is 1. The highest BCUT2D eigenvalue weighted by Crippen LogP contribution is 2.27. The van der Waals surface area contributed by atoms with E-state index in [0.29, 0.717) is 5.89 Å². The number of carbonyl (C=O) groups excluding carboxylic acids is 2. The van der Waals surface area contributed by atoms with Gasteiger partial charge in [-0.2, -0.15) is 0 Å². The average molecular weight is 325 g/mol. The maximum Gasteiger partial charge on any atom is 0.276 e. The number of nitrogens with zero attached hydrogens (tertiary/aromatic N) is 2. The van der Waals surface area contributed by atoms with Gasteiger partial charge in [0.05, 0.1) is 6.04 Å². The Kier molecular flexibility index (Phi) is 3.80. The van der Waals surface area contributed by atoms with E-state index in [4.69, 9.17) is 4.42 Å². The molecule has 2 amide bonds. The van der Waals surface area contributed by atoms with Crippen LogP contribution in [-0.4, -0.2) is 40.3 Å². The van der Waals surface area contributed by atoms with Gasteiger partial charge in [-0.1, -0.05) is 31.0 Å². The minimum atomic E-state index is -0.229. The molecule has 1 N–H and O–H groups in total. The molecule has 1 aliphatic carbocycles. The minimum absolute atomic E-state index is 0.0563. The van der Waals surface area contributed by atoms with Crippen LogP contribution in [0.2, 0.25) is 0 Å². The second kappa shape index (κ2) is 6.11. The van der Waals surface area contributed by atoms with Gasteiger partial charge in [0.15, 0.2) is 5.69 Å². The van der Waals surface area contributed by atoms with E-state index in [2.05, 4.69) is 10.3 Å². The highest BCUT2D eigenvalue weighted by molar-refractivity contribution is 5.96. The molecule has 124 valence electrons. The smallest absolute Gasteiger partial charge is 0.276 e. The highest BCUT2D eigenvalue weighted by atomic mass is 16.3. The molecule has 24 heavy (non-hydrogen) atoms. The number of piperazine rings is 1. The van der Waals surface area contributed by atoms with Crippen molar-refractivity contribution in [1.29, 1.82) is 0 Å². The summed E-state index contributed by atoms with van der Waals surface area (Å²) in [7, 11) is 0. The zero-order valence-corrected chi connectivity index (χ0v) is 13.3. The van der Waals surface area contributed by atoms with Gasteiger partial charge in [0, 0.05) is 11.6 Å². The summed E-state index contributed by atoms with van der Waals surface area (Å²) < 4.78 is 5.47. The SMILES string of the molecule is O=C1CN(C(=O)c2coc(-c3ccccc3)n2)[C@@H]2CCCC[C@H]2N1. The predicted molar refractivity (Wildman–Crippen MR) is 87.2 cm³/mol. The summed E-state index contributed by atoms with van der Waals surface area (Å²) in [5.41, 5.74) is 1.08. The van der Waals surface area contributed by atoms with Crippen molar-refractivity contribution in [3.05, 3.63) is 42.3 Å². The Morgan fingerprint density at radius 3 is 2.83 bits per heavy atom. The minimum Gasteiger partial charge on any atom is -0.444 e.